The summed E-state index contributed by atoms with van der Waals surface area (Å²) in [6, 6.07) is 5.52. The molecule has 0 aliphatic heterocycles. The molecule has 0 aliphatic rings. The lowest BCUT2D eigenvalue weighted by Crippen LogP contribution is -2.27. The molecule has 2 aromatic heterocycles. The summed E-state index contributed by atoms with van der Waals surface area (Å²) in [5, 5.41) is 11.6. The van der Waals surface area contributed by atoms with Crippen LogP contribution in [-0.2, 0) is 29.2 Å². The number of anilines is 2. The number of nitrogens with zero attached hydrogens (tertiary/aromatic N) is 4. The van der Waals surface area contributed by atoms with Gasteiger partial charge in [0.05, 0.1) is 24.2 Å². The predicted octanol–water partition coefficient (Wildman–Crippen LogP) is 1.58. The largest absolute Gasteiger partial charge is 0.479 e. The van der Waals surface area contributed by atoms with E-state index in [0.29, 0.717) is 12.4 Å². The maximum atomic E-state index is 12.5. The van der Waals surface area contributed by atoms with E-state index in [1.165, 1.54) is 6.92 Å². The average molecular weight is 448 g/mol. The van der Waals surface area contributed by atoms with Crippen molar-refractivity contribution in [2.24, 2.45) is 0 Å². The lowest BCUT2D eigenvalue weighted by Gasteiger charge is -2.10. The summed E-state index contributed by atoms with van der Waals surface area (Å²) in [6.07, 6.45) is -0.907. The molecule has 0 aliphatic carbocycles. The van der Waals surface area contributed by atoms with Crippen LogP contribution in [0.25, 0.3) is 11.0 Å². The fourth-order valence-corrected chi connectivity index (χ4v) is 3.07. The van der Waals surface area contributed by atoms with Gasteiger partial charge < -0.3 is 31.2 Å². The molecular formula is C19H22ClN7O4. The predicted molar refractivity (Wildman–Crippen MR) is 114 cm³/mol. The Morgan fingerprint density at radius 1 is 1.26 bits per heavy atom. The van der Waals surface area contributed by atoms with Gasteiger partial charge in [0.25, 0.3) is 5.91 Å². The Labute approximate surface area is 182 Å². The number of aromatic nitrogens is 4. The number of carboxylic acids is 1. The molecule has 0 saturated heterocycles. The highest BCUT2D eigenvalue weighted by molar-refractivity contribution is 6.31. The summed E-state index contributed by atoms with van der Waals surface area (Å²) >= 11 is 5.83. The molecule has 3 aromatic rings. The van der Waals surface area contributed by atoms with E-state index < -0.39 is 18.0 Å². The van der Waals surface area contributed by atoms with Crippen LogP contribution in [0, 0.1) is 0 Å². The van der Waals surface area contributed by atoms with E-state index in [9.17, 15) is 9.59 Å². The molecule has 3 rings (SSSR count). The Kier molecular flexibility index (Phi) is 6.56. The molecule has 0 fully saturated rings. The number of aryl methyl sites for hydroxylation is 1. The first-order chi connectivity index (χ1) is 14.7. The molecule has 12 heteroatoms. The van der Waals surface area contributed by atoms with E-state index in [-0.39, 0.29) is 35.6 Å². The van der Waals surface area contributed by atoms with Crippen LogP contribution in [0.3, 0.4) is 0 Å². The van der Waals surface area contributed by atoms with Gasteiger partial charge in [-0.25, -0.2) is 19.7 Å². The molecule has 1 amide bonds. The van der Waals surface area contributed by atoms with Crippen LogP contribution in [0.4, 0.5) is 11.6 Å². The summed E-state index contributed by atoms with van der Waals surface area (Å²) < 4.78 is 7.28. The van der Waals surface area contributed by atoms with Crippen molar-refractivity contribution in [1.29, 1.82) is 0 Å². The van der Waals surface area contributed by atoms with Crippen LogP contribution >= 0.6 is 11.6 Å². The number of nitrogen functional groups attached to an aromatic ring is 2. The zero-order valence-corrected chi connectivity index (χ0v) is 17.7. The Morgan fingerprint density at radius 2 is 2.00 bits per heavy atom. The summed E-state index contributed by atoms with van der Waals surface area (Å²) in [6.45, 7) is 4.30. The second kappa shape index (κ2) is 9.14. The van der Waals surface area contributed by atoms with Gasteiger partial charge in [-0.3, -0.25) is 4.79 Å². The van der Waals surface area contributed by atoms with Crippen LogP contribution in [0.5, 0.6) is 0 Å². The molecule has 31 heavy (non-hydrogen) atoms. The monoisotopic (exact) mass is 447 g/mol. The number of carbonyl (C=O) groups is 2. The zero-order valence-electron chi connectivity index (χ0n) is 16.9. The van der Waals surface area contributed by atoms with Gasteiger partial charge in [0.15, 0.2) is 28.6 Å². The Balaban J connectivity index is 1.78. The van der Waals surface area contributed by atoms with Crippen LogP contribution < -0.4 is 16.8 Å². The Morgan fingerprint density at radius 3 is 2.68 bits per heavy atom. The first-order valence-corrected chi connectivity index (χ1v) is 9.78. The van der Waals surface area contributed by atoms with E-state index in [4.69, 9.17) is 32.9 Å². The summed E-state index contributed by atoms with van der Waals surface area (Å²) in [4.78, 5) is 35.7. The minimum Gasteiger partial charge on any atom is -0.479 e. The minimum absolute atomic E-state index is 0.0546. The van der Waals surface area contributed by atoms with Gasteiger partial charge >= 0.3 is 5.97 Å². The quantitative estimate of drug-likeness (QED) is 0.400. The third kappa shape index (κ3) is 4.84. The van der Waals surface area contributed by atoms with Crippen molar-refractivity contribution in [1.82, 2.24) is 24.8 Å². The lowest BCUT2D eigenvalue weighted by atomic mass is 10.2. The number of hydrogen-bond acceptors (Lipinski definition) is 8. The molecule has 0 bridgehead atoms. The topological polar surface area (TPSA) is 171 Å². The van der Waals surface area contributed by atoms with Crippen LogP contribution in [0.2, 0.25) is 5.15 Å². The molecule has 0 radical (unpaired) electrons. The maximum absolute atomic E-state index is 12.5. The third-order valence-electron chi connectivity index (χ3n) is 4.58. The van der Waals surface area contributed by atoms with Crippen molar-refractivity contribution >= 4 is 46.1 Å². The molecule has 0 saturated carbocycles. The fraction of sp³-hybridized carbons (Fsp3) is 0.316. The van der Waals surface area contributed by atoms with Crippen molar-refractivity contribution in [2.75, 3.05) is 11.5 Å². The van der Waals surface area contributed by atoms with Gasteiger partial charge in [0.1, 0.15) is 5.82 Å². The third-order valence-corrected chi connectivity index (χ3v) is 4.86. The summed E-state index contributed by atoms with van der Waals surface area (Å²) in [7, 11) is 0. The van der Waals surface area contributed by atoms with E-state index in [1.807, 2.05) is 29.7 Å². The molecule has 1 atom stereocenters. The Bertz CT molecular complexity index is 1150. The molecular weight excluding hydrogens is 426 g/mol. The van der Waals surface area contributed by atoms with Gasteiger partial charge in [0.2, 0.25) is 0 Å². The van der Waals surface area contributed by atoms with Crippen molar-refractivity contribution < 1.29 is 19.4 Å². The van der Waals surface area contributed by atoms with Crippen molar-refractivity contribution in [2.45, 2.75) is 39.6 Å². The number of benzene rings is 1. The van der Waals surface area contributed by atoms with E-state index >= 15 is 0 Å². The number of imidazole rings is 1. The first-order valence-electron chi connectivity index (χ1n) is 9.40. The highest BCUT2D eigenvalue weighted by atomic mass is 35.5. The number of hydrogen-bond donors (Lipinski definition) is 4. The smallest absolute Gasteiger partial charge is 0.332 e. The standard InChI is InChI=1S/C19H22ClN7O4/c1-3-27-12-6-10(8-31-9(2)19(29)30)4-5-11(12)24-13(27)7-23-18(28)14-16(21)26-17(22)15(20)25-14/h4-6,9H,3,7-8H2,1-2H3,(H,23,28)(H,29,30)(H4,21,22,26). The molecule has 11 nitrogen and oxygen atoms in total. The van der Waals surface area contributed by atoms with Crippen molar-refractivity contribution in [3.8, 4) is 0 Å². The summed E-state index contributed by atoms with van der Waals surface area (Å²) in [5.74, 6) is -1.13. The number of carbonyl (C=O) groups excluding carboxylic acids is 1. The highest BCUT2D eigenvalue weighted by Crippen LogP contribution is 2.20. The number of halogens is 1. The molecule has 1 unspecified atom stereocenters. The maximum Gasteiger partial charge on any atom is 0.332 e. The number of fused-ring (bicyclic) bond motifs is 1. The van der Waals surface area contributed by atoms with Gasteiger partial charge in [0, 0.05) is 6.54 Å². The normalized spacial score (nSPS) is 12.1. The number of rotatable bonds is 8. The SMILES string of the molecule is CCn1c(CNC(=O)c2nc(Cl)c(N)nc2N)nc2ccc(COC(C)C(=O)O)cc21. The lowest BCUT2D eigenvalue weighted by molar-refractivity contribution is -0.149. The van der Waals surface area contributed by atoms with Crippen LogP contribution in [-0.4, -0.2) is 42.6 Å². The number of ether oxygens (including phenoxy) is 1. The van der Waals surface area contributed by atoms with Crippen LogP contribution in [0.1, 0.15) is 35.7 Å². The second-order valence-corrected chi connectivity index (χ2v) is 7.06. The summed E-state index contributed by atoms with van der Waals surface area (Å²) in [5.41, 5.74) is 13.5. The van der Waals surface area contributed by atoms with Gasteiger partial charge in [-0.05, 0) is 31.5 Å². The van der Waals surface area contributed by atoms with Crippen molar-refractivity contribution in [3.05, 3.63) is 40.4 Å². The fourth-order valence-electron chi connectivity index (χ4n) is 2.94. The molecule has 1 aromatic carbocycles. The number of carboxylic acid groups (broad SMARTS) is 1. The average Bonchev–Trinajstić information content (AvgIpc) is 3.09. The van der Waals surface area contributed by atoms with E-state index in [2.05, 4.69) is 20.3 Å². The Hall–Kier alpha value is -3.44. The van der Waals surface area contributed by atoms with Gasteiger partial charge in [-0.2, -0.15) is 0 Å². The zero-order chi connectivity index (χ0) is 22.7. The molecule has 6 N–H and O–H groups in total. The number of nitrogens with one attached hydrogen (secondary N) is 1. The van der Waals surface area contributed by atoms with E-state index in [1.54, 1.807) is 0 Å². The van der Waals surface area contributed by atoms with E-state index in [0.717, 1.165) is 16.6 Å². The number of nitrogens with two attached hydrogens (primary N) is 2. The minimum atomic E-state index is -1.02. The number of aliphatic carboxylic acids is 1. The first kappa shape index (κ1) is 22.2. The number of amides is 1. The molecule has 164 valence electrons. The molecule has 0 spiro atoms. The van der Waals surface area contributed by atoms with Gasteiger partial charge in [-0.15, -0.1) is 0 Å². The second-order valence-electron chi connectivity index (χ2n) is 6.70. The molecule has 2 heterocycles. The van der Waals surface area contributed by atoms with Gasteiger partial charge in [-0.1, -0.05) is 17.7 Å². The van der Waals surface area contributed by atoms with Crippen LogP contribution in [0.15, 0.2) is 18.2 Å². The highest BCUT2D eigenvalue weighted by Gasteiger charge is 2.18. The van der Waals surface area contributed by atoms with Crippen molar-refractivity contribution in [3.63, 3.8) is 0 Å².